The van der Waals surface area contributed by atoms with E-state index in [1.165, 1.54) is 11.8 Å². The van der Waals surface area contributed by atoms with Gasteiger partial charge < -0.3 is 0 Å². The summed E-state index contributed by atoms with van der Waals surface area (Å²) in [6.45, 7) is 1.95. The first-order chi connectivity index (χ1) is 11.7. The van der Waals surface area contributed by atoms with Crippen LogP contribution in [0.3, 0.4) is 0 Å². The molecule has 0 saturated carbocycles. The lowest BCUT2D eigenvalue weighted by atomic mass is 10.2. The fourth-order valence-electron chi connectivity index (χ4n) is 2.14. The molecule has 0 bridgehead atoms. The van der Waals surface area contributed by atoms with Crippen molar-refractivity contribution in [2.45, 2.75) is 16.7 Å². The van der Waals surface area contributed by atoms with Crippen molar-refractivity contribution in [3.63, 3.8) is 0 Å². The molecule has 0 radical (unpaired) electrons. The quantitative estimate of drug-likeness (QED) is 0.544. The molecule has 0 fully saturated rings. The van der Waals surface area contributed by atoms with Crippen molar-refractivity contribution in [2.75, 3.05) is 0 Å². The minimum absolute atomic E-state index is 0.580. The van der Waals surface area contributed by atoms with Crippen molar-refractivity contribution in [3.8, 4) is 11.8 Å². The van der Waals surface area contributed by atoms with Crippen molar-refractivity contribution < 1.29 is 4.79 Å². The predicted molar refractivity (Wildman–Crippen MR) is 94.1 cm³/mol. The number of benzene rings is 1. The van der Waals surface area contributed by atoms with E-state index in [0.717, 1.165) is 32.9 Å². The maximum Gasteiger partial charge on any atom is 0.169 e. The number of aldehydes is 1. The average molecular weight is 333 g/mol. The van der Waals surface area contributed by atoms with Crippen LogP contribution in [0.15, 0.2) is 58.6 Å². The van der Waals surface area contributed by atoms with E-state index in [2.05, 4.69) is 21.9 Å². The Morgan fingerprint density at radius 2 is 1.88 bits per heavy atom. The molecular formula is C19H15N3OS. The topological polar surface area (TPSA) is 47.8 Å². The van der Waals surface area contributed by atoms with E-state index in [4.69, 9.17) is 0 Å². The molecule has 0 atom stereocenters. The summed E-state index contributed by atoms with van der Waals surface area (Å²) in [5, 5.41) is 4.11. The summed E-state index contributed by atoms with van der Waals surface area (Å²) in [6, 6.07) is 11.8. The van der Waals surface area contributed by atoms with Crippen LogP contribution in [-0.2, 0) is 7.05 Å². The van der Waals surface area contributed by atoms with E-state index in [-0.39, 0.29) is 0 Å². The highest BCUT2D eigenvalue weighted by molar-refractivity contribution is 7.99. The van der Waals surface area contributed by atoms with Gasteiger partial charge in [0.1, 0.15) is 5.69 Å². The Kier molecular flexibility index (Phi) is 4.78. The molecule has 3 aromatic rings. The van der Waals surface area contributed by atoms with Crippen molar-refractivity contribution in [2.24, 2.45) is 7.05 Å². The first-order valence-electron chi connectivity index (χ1n) is 7.35. The monoisotopic (exact) mass is 333 g/mol. The van der Waals surface area contributed by atoms with Gasteiger partial charge in [0.05, 0.1) is 11.1 Å². The number of aryl methyl sites for hydroxylation is 2. The van der Waals surface area contributed by atoms with E-state index in [0.29, 0.717) is 5.69 Å². The Hall–Kier alpha value is -2.84. The molecule has 0 unspecified atom stereocenters. The van der Waals surface area contributed by atoms with Crippen LogP contribution in [0.2, 0.25) is 0 Å². The normalized spacial score (nSPS) is 10.1. The van der Waals surface area contributed by atoms with Crippen LogP contribution in [-0.4, -0.2) is 21.1 Å². The summed E-state index contributed by atoms with van der Waals surface area (Å²) in [5.74, 6) is 6.28. The largest absolute Gasteiger partial charge is 0.296 e. The molecule has 0 amide bonds. The number of aromatic nitrogens is 3. The third-order valence-electron chi connectivity index (χ3n) is 3.39. The minimum atomic E-state index is 0.580. The second-order valence-electron chi connectivity index (χ2n) is 5.20. The number of carbonyl (C=O) groups is 1. The van der Waals surface area contributed by atoms with Crippen LogP contribution in [0.4, 0.5) is 0 Å². The zero-order valence-corrected chi connectivity index (χ0v) is 14.2. The average Bonchev–Trinajstić information content (AvgIpc) is 2.94. The maximum atomic E-state index is 11.1. The second-order valence-corrected chi connectivity index (χ2v) is 6.31. The van der Waals surface area contributed by atoms with E-state index in [1.54, 1.807) is 24.1 Å². The molecule has 0 aliphatic carbocycles. The third-order valence-corrected chi connectivity index (χ3v) is 4.43. The summed E-state index contributed by atoms with van der Waals surface area (Å²) in [5.41, 5.74) is 3.43. The molecule has 4 nitrogen and oxygen atoms in total. The Bertz CT molecular complexity index is 933. The second kappa shape index (κ2) is 7.16. The van der Waals surface area contributed by atoms with Gasteiger partial charge in [0, 0.05) is 35.0 Å². The molecule has 24 heavy (non-hydrogen) atoms. The van der Waals surface area contributed by atoms with E-state index in [1.807, 2.05) is 43.3 Å². The van der Waals surface area contributed by atoms with E-state index in [9.17, 15) is 4.79 Å². The smallest absolute Gasteiger partial charge is 0.169 e. The SMILES string of the molecule is Cc1cc(C#Cc2ccc(Sc3cnn(C)c3C=O)cc2)ccn1. The number of hydrogen-bond acceptors (Lipinski definition) is 4. The summed E-state index contributed by atoms with van der Waals surface area (Å²) in [7, 11) is 1.76. The van der Waals surface area contributed by atoms with Gasteiger partial charge in [-0.05, 0) is 43.3 Å². The van der Waals surface area contributed by atoms with Gasteiger partial charge in [0.2, 0.25) is 0 Å². The molecule has 118 valence electrons. The van der Waals surface area contributed by atoms with Crippen LogP contribution in [0.25, 0.3) is 0 Å². The lowest BCUT2D eigenvalue weighted by Gasteiger charge is -2.00. The van der Waals surface area contributed by atoms with Gasteiger partial charge in [0.25, 0.3) is 0 Å². The van der Waals surface area contributed by atoms with Crippen LogP contribution in [0.5, 0.6) is 0 Å². The first kappa shape index (κ1) is 16.0. The third kappa shape index (κ3) is 3.73. The Labute approximate surface area is 144 Å². The zero-order chi connectivity index (χ0) is 16.9. The highest BCUT2D eigenvalue weighted by Gasteiger charge is 2.08. The Morgan fingerprint density at radius 1 is 1.12 bits per heavy atom. The summed E-state index contributed by atoms with van der Waals surface area (Å²) in [6.07, 6.45) is 4.29. The number of nitrogens with zero attached hydrogens (tertiary/aromatic N) is 3. The standard InChI is InChI=1S/C19H15N3OS/c1-14-11-16(9-10-20-14)4-3-15-5-7-17(8-6-15)24-19-12-21-22(2)18(19)13-23/h5-13H,1-2H3. The van der Waals surface area contributed by atoms with Gasteiger partial charge in [-0.15, -0.1) is 0 Å². The van der Waals surface area contributed by atoms with Crippen LogP contribution < -0.4 is 0 Å². The zero-order valence-electron chi connectivity index (χ0n) is 13.4. The van der Waals surface area contributed by atoms with Gasteiger partial charge in [-0.3, -0.25) is 14.5 Å². The molecule has 1 aromatic carbocycles. The predicted octanol–water partition coefficient (Wildman–Crippen LogP) is 3.49. The van der Waals surface area contributed by atoms with E-state index >= 15 is 0 Å². The first-order valence-corrected chi connectivity index (χ1v) is 8.17. The summed E-state index contributed by atoms with van der Waals surface area (Å²) in [4.78, 5) is 17.1. The van der Waals surface area contributed by atoms with Gasteiger partial charge >= 0.3 is 0 Å². The van der Waals surface area contributed by atoms with Gasteiger partial charge in [-0.2, -0.15) is 5.10 Å². The highest BCUT2D eigenvalue weighted by atomic mass is 32.2. The lowest BCUT2D eigenvalue weighted by molar-refractivity contribution is 0.111. The van der Waals surface area contributed by atoms with Crippen molar-refractivity contribution in [3.05, 3.63) is 71.3 Å². The summed E-state index contributed by atoms with van der Waals surface area (Å²) >= 11 is 1.51. The number of hydrogen-bond donors (Lipinski definition) is 0. The van der Waals surface area contributed by atoms with Crippen LogP contribution in [0.1, 0.15) is 27.3 Å². The molecule has 5 heteroatoms. The molecule has 3 rings (SSSR count). The maximum absolute atomic E-state index is 11.1. The molecule has 0 N–H and O–H groups in total. The van der Waals surface area contributed by atoms with Crippen molar-refractivity contribution >= 4 is 18.0 Å². The number of carbonyl (C=O) groups excluding carboxylic acids is 1. The van der Waals surface area contributed by atoms with E-state index < -0.39 is 0 Å². The molecule has 0 saturated heterocycles. The van der Waals surface area contributed by atoms with Gasteiger partial charge in [-0.1, -0.05) is 23.6 Å². The fraction of sp³-hybridized carbons (Fsp3) is 0.105. The molecule has 0 aliphatic heterocycles. The molecule has 2 aromatic heterocycles. The minimum Gasteiger partial charge on any atom is -0.296 e. The molecule has 0 spiro atoms. The molecular weight excluding hydrogens is 318 g/mol. The van der Waals surface area contributed by atoms with Gasteiger partial charge in [-0.25, -0.2) is 0 Å². The van der Waals surface area contributed by atoms with Crippen molar-refractivity contribution in [1.82, 2.24) is 14.8 Å². The fourth-order valence-corrected chi connectivity index (χ4v) is 3.05. The van der Waals surface area contributed by atoms with Gasteiger partial charge in [0.15, 0.2) is 6.29 Å². The number of pyridine rings is 1. The van der Waals surface area contributed by atoms with Crippen LogP contribution in [0, 0.1) is 18.8 Å². The van der Waals surface area contributed by atoms with Crippen molar-refractivity contribution in [1.29, 1.82) is 0 Å². The van der Waals surface area contributed by atoms with Crippen LogP contribution >= 0.6 is 11.8 Å². The summed E-state index contributed by atoms with van der Waals surface area (Å²) < 4.78 is 1.58. The molecule has 2 heterocycles. The lowest BCUT2D eigenvalue weighted by Crippen LogP contribution is -1.96. The Balaban J connectivity index is 1.75. The molecule has 0 aliphatic rings. The number of rotatable bonds is 3. The Morgan fingerprint density at radius 3 is 2.58 bits per heavy atom. The highest BCUT2D eigenvalue weighted by Crippen LogP contribution is 2.29.